The molecule has 0 aliphatic carbocycles. The molecule has 2 aromatic rings. The Bertz CT molecular complexity index is 708. The van der Waals surface area contributed by atoms with E-state index in [2.05, 4.69) is 21.2 Å². The van der Waals surface area contributed by atoms with Crippen molar-refractivity contribution in [1.82, 2.24) is 10.4 Å². The van der Waals surface area contributed by atoms with Crippen LogP contribution in [0.25, 0.3) is 0 Å². The molecular weight excluding hydrogens is 333 g/mol. The lowest BCUT2D eigenvalue weighted by Crippen LogP contribution is -2.33. The van der Waals surface area contributed by atoms with Crippen molar-refractivity contribution in [2.45, 2.75) is 0 Å². The number of carbonyl (C=O) groups excluding carboxylic acids is 1. The quantitative estimate of drug-likeness (QED) is 0.582. The van der Waals surface area contributed by atoms with E-state index in [1.54, 1.807) is 12.1 Å². The number of pyridine rings is 1. The molecule has 1 heterocycles. The molecule has 0 saturated carbocycles. The first kappa shape index (κ1) is 15.8. The minimum absolute atomic E-state index is 0.152. The number of hydrogen-bond donors (Lipinski definition) is 3. The van der Waals surface area contributed by atoms with E-state index in [1.165, 1.54) is 18.2 Å². The summed E-state index contributed by atoms with van der Waals surface area (Å²) in [5.74, 6) is 0.234. The summed E-state index contributed by atoms with van der Waals surface area (Å²) in [4.78, 5) is 25.4. The van der Waals surface area contributed by atoms with Gasteiger partial charge in [-0.15, -0.1) is 0 Å². The third kappa shape index (κ3) is 4.21. The number of benzene rings is 1. The molecule has 2 rings (SSSR count). The van der Waals surface area contributed by atoms with Crippen LogP contribution in [0, 0.1) is 10.1 Å². The van der Waals surface area contributed by atoms with Gasteiger partial charge in [0.25, 0.3) is 5.69 Å². The molecule has 0 aliphatic rings. The number of hydrazine groups is 1. The minimum Gasteiger partial charge on any atom is -0.305 e. The summed E-state index contributed by atoms with van der Waals surface area (Å²) in [5.41, 5.74) is 4.99. The Morgan fingerprint density at radius 2 is 2.00 bits per heavy atom. The molecule has 3 N–H and O–H groups in total. The van der Waals surface area contributed by atoms with Crippen molar-refractivity contribution in [3.05, 3.63) is 56.7 Å². The number of carbonyl (C=O) groups is 1. The molecule has 1 aromatic heterocycles. The Labute approximate surface area is 134 Å². The Balaban J connectivity index is 1.92. The molecule has 1 aromatic carbocycles. The van der Waals surface area contributed by atoms with E-state index in [9.17, 15) is 14.9 Å². The fraction of sp³-hybridized carbons (Fsp3) is 0. The molecule has 0 fully saturated rings. The molecule has 10 heteroatoms. The van der Waals surface area contributed by atoms with Crippen molar-refractivity contribution in [2.75, 3.05) is 10.7 Å². The van der Waals surface area contributed by atoms with Gasteiger partial charge in [0.15, 0.2) is 0 Å². The van der Waals surface area contributed by atoms with Gasteiger partial charge in [-0.2, -0.15) is 0 Å². The molecule has 0 atom stereocenters. The summed E-state index contributed by atoms with van der Waals surface area (Å²) in [6, 6.07) is 6.63. The van der Waals surface area contributed by atoms with E-state index < -0.39 is 11.0 Å². The largest absolute Gasteiger partial charge is 0.337 e. The van der Waals surface area contributed by atoms with Gasteiger partial charge in [0, 0.05) is 11.1 Å². The fourth-order valence-electron chi connectivity index (χ4n) is 1.44. The zero-order valence-electron chi connectivity index (χ0n) is 10.8. The van der Waals surface area contributed by atoms with Crippen molar-refractivity contribution in [1.29, 1.82) is 0 Å². The van der Waals surface area contributed by atoms with Crippen LogP contribution in [0.1, 0.15) is 0 Å². The molecule has 2 amide bonds. The highest BCUT2D eigenvalue weighted by atomic mass is 35.5. The number of hydrogen-bond acceptors (Lipinski definition) is 5. The van der Waals surface area contributed by atoms with Crippen LogP contribution in [0.2, 0.25) is 10.0 Å². The van der Waals surface area contributed by atoms with Crippen molar-refractivity contribution < 1.29 is 9.72 Å². The van der Waals surface area contributed by atoms with Gasteiger partial charge in [-0.05, 0) is 24.3 Å². The lowest BCUT2D eigenvalue weighted by atomic mass is 10.3. The number of nitrogens with one attached hydrogen (secondary N) is 3. The molecule has 114 valence electrons. The summed E-state index contributed by atoms with van der Waals surface area (Å²) in [5, 5.41) is 13.7. The monoisotopic (exact) mass is 341 g/mol. The number of rotatable bonds is 4. The van der Waals surface area contributed by atoms with Crippen LogP contribution in [0.4, 0.5) is 22.0 Å². The predicted molar refractivity (Wildman–Crippen MR) is 83.1 cm³/mol. The first-order valence-corrected chi connectivity index (χ1v) is 6.60. The van der Waals surface area contributed by atoms with Crippen LogP contribution in [0.15, 0.2) is 36.5 Å². The molecule has 0 bridgehead atoms. The molecule has 0 spiro atoms. The highest BCUT2D eigenvalue weighted by Crippen LogP contribution is 2.25. The van der Waals surface area contributed by atoms with Crippen molar-refractivity contribution in [2.24, 2.45) is 0 Å². The van der Waals surface area contributed by atoms with E-state index in [0.717, 1.165) is 6.20 Å². The summed E-state index contributed by atoms with van der Waals surface area (Å²) in [6.45, 7) is 0. The van der Waals surface area contributed by atoms with Gasteiger partial charge in [-0.25, -0.2) is 9.78 Å². The topological polar surface area (TPSA) is 109 Å². The third-order valence-corrected chi connectivity index (χ3v) is 3.00. The van der Waals surface area contributed by atoms with Crippen LogP contribution in [-0.2, 0) is 0 Å². The molecular formula is C12H9Cl2N5O3. The van der Waals surface area contributed by atoms with Gasteiger partial charge in [0.1, 0.15) is 12.0 Å². The normalized spacial score (nSPS) is 9.91. The molecule has 22 heavy (non-hydrogen) atoms. The summed E-state index contributed by atoms with van der Waals surface area (Å²) < 4.78 is 0. The standard InChI is InChI=1S/C12H9Cl2N5O3/c13-7-1-3-9(14)10(5-7)16-12(20)18-17-11-4-2-8(6-15-11)19(21)22/h1-6H,(H,15,17)(H2,16,18,20). The maximum Gasteiger partial charge on any atom is 0.337 e. The second-order valence-electron chi connectivity index (χ2n) is 3.99. The second kappa shape index (κ2) is 6.92. The number of urea groups is 1. The van der Waals surface area contributed by atoms with Crippen molar-refractivity contribution >= 4 is 46.4 Å². The van der Waals surface area contributed by atoms with Crippen LogP contribution < -0.4 is 16.2 Å². The van der Waals surface area contributed by atoms with Gasteiger partial charge in [0.2, 0.25) is 0 Å². The van der Waals surface area contributed by atoms with Crippen molar-refractivity contribution in [3.63, 3.8) is 0 Å². The molecule has 0 aliphatic heterocycles. The van der Waals surface area contributed by atoms with E-state index in [4.69, 9.17) is 23.2 Å². The fourth-order valence-corrected chi connectivity index (χ4v) is 1.77. The van der Waals surface area contributed by atoms with E-state index >= 15 is 0 Å². The summed E-state index contributed by atoms with van der Waals surface area (Å²) in [6.07, 6.45) is 1.07. The van der Waals surface area contributed by atoms with Crippen LogP contribution >= 0.6 is 23.2 Å². The Morgan fingerprint density at radius 3 is 2.64 bits per heavy atom. The van der Waals surface area contributed by atoms with Gasteiger partial charge >= 0.3 is 6.03 Å². The number of nitro groups is 1. The van der Waals surface area contributed by atoms with E-state index in [-0.39, 0.29) is 11.5 Å². The average molecular weight is 342 g/mol. The maximum atomic E-state index is 11.7. The first-order chi connectivity index (χ1) is 10.5. The summed E-state index contributed by atoms with van der Waals surface area (Å²) >= 11 is 11.7. The van der Waals surface area contributed by atoms with Gasteiger partial charge < -0.3 is 5.32 Å². The van der Waals surface area contributed by atoms with Crippen LogP contribution in [-0.4, -0.2) is 15.9 Å². The predicted octanol–water partition coefficient (Wildman–Crippen LogP) is 3.45. The van der Waals surface area contributed by atoms with Gasteiger partial charge in [-0.1, -0.05) is 23.2 Å². The average Bonchev–Trinajstić information content (AvgIpc) is 2.49. The number of halogens is 2. The SMILES string of the molecule is O=C(NNc1ccc([N+](=O)[O-])cn1)Nc1cc(Cl)ccc1Cl. The Morgan fingerprint density at radius 1 is 1.23 bits per heavy atom. The molecule has 0 radical (unpaired) electrons. The lowest BCUT2D eigenvalue weighted by Gasteiger charge is -2.10. The highest BCUT2D eigenvalue weighted by molar-refractivity contribution is 6.35. The zero-order valence-corrected chi connectivity index (χ0v) is 12.4. The first-order valence-electron chi connectivity index (χ1n) is 5.84. The van der Waals surface area contributed by atoms with Crippen molar-refractivity contribution in [3.8, 4) is 0 Å². The Kier molecular flexibility index (Phi) is 4.97. The van der Waals surface area contributed by atoms with E-state index in [1.807, 2.05) is 0 Å². The molecule has 8 nitrogen and oxygen atoms in total. The second-order valence-corrected chi connectivity index (χ2v) is 4.83. The highest BCUT2D eigenvalue weighted by Gasteiger charge is 2.08. The third-order valence-electron chi connectivity index (χ3n) is 2.44. The molecule has 0 saturated heterocycles. The van der Waals surface area contributed by atoms with Crippen LogP contribution in [0.5, 0.6) is 0 Å². The van der Waals surface area contributed by atoms with Gasteiger partial charge in [-0.3, -0.25) is 21.0 Å². The smallest absolute Gasteiger partial charge is 0.305 e. The number of anilines is 2. The lowest BCUT2D eigenvalue weighted by molar-refractivity contribution is -0.385. The number of amides is 2. The maximum absolute atomic E-state index is 11.7. The number of aromatic nitrogens is 1. The van der Waals surface area contributed by atoms with E-state index in [0.29, 0.717) is 15.7 Å². The summed E-state index contributed by atoms with van der Waals surface area (Å²) in [7, 11) is 0. The number of nitrogens with zero attached hydrogens (tertiary/aromatic N) is 2. The minimum atomic E-state index is -0.607. The zero-order chi connectivity index (χ0) is 16.1. The van der Waals surface area contributed by atoms with Gasteiger partial charge in [0.05, 0.1) is 15.6 Å². The van der Waals surface area contributed by atoms with Crippen LogP contribution in [0.3, 0.4) is 0 Å². The Hall–Kier alpha value is -2.58. The molecule has 0 unspecified atom stereocenters.